The molecule has 1 aromatic heterocycles. The van der Waals surface area contributed by atoms with Crippen LogP contribution >= 0.6 is 0 Å². The molecule has 0 atom stereocenters. The van der Waals surface area contributed by atoms with Crippen LogP contribution in [0.3, 0.4) is 0 Å². The summed E-state index contributed by atoms with van der Waals surface area (Å²) < 4.78 is 7.56. The molecule has 0 spiro atoms. The quantitative estimate of drug-likeness (QED) is 0.708. The summed E-state index contributed by atoms with van der Waals surface area (Å²) in [6.07, 6.45) is 3.16. The van der Waals surface area contributed by atoms with Crippen molar-refractivity contribution in [2.24, 2.45) is 0 Å². The van der Waals surface area contributed by atoms with Crippen LogP contribution in [0.5, 0.6) is 5.75 Å². The topological polar surface area (TPSA) is 56.1 Å². The Bertz CT molecular complexity index is 903. The Morgan fingerprint density at radius 1 is 1.04 bits per heavy atom. The van der Waals surface area contributed by atoms with Gasteiger partial charge in [-0.15, -0.1) is 0 Å². The molecule has 26 heavy (non-hydrogen) atoms. The summed E-state index contributed by atoms with van der Waals surface area (Å²) in [5.41, 5.74) is 3.45. The molecule has 0 radical (unpaired) electrons. The Morgan fingerprint density at radius 2 is 1.85 bits per heavy atom. The van der Waals surface area contributed by atoms with Gasteiger partial charge in [0.15, 0.2) is 0 Å². The van der Waals surface area contributed by atoms with Gasteiger partial charge in [0.1, 0.15) is 5.75 Å². The molecule has 0 amide bonds. The minimum atomic E-state index is 0.669. The van der Waals surface area contributed by atoms with E-state index in [1.165, 1.54) is 11.1 Å². The van der Waals surface area contributed by atoms with Crippen molar-refractivity contribution in [2.75, 3.05) is 24.6 Å². The minimum absolute atomic E-state index is 0.669. The molecule has 0 bridgehead atoms. The minimum Gasteiger partial charge on any atom is -0.493 e. The summed E-state index contributed by atoms with van der Waals surface area (Å²) in [7, 11) is 0. The Morgan fingerprint density at radius 3 is 2.62 bits per heavy atom. The summed E-state index contributed by atoms with van der Waals surface area (Å²) in [5.74, 6) is 1.72. The average molecular weight is 347 g/mol. The number of hydrogen-bond acceptors (Lipinski definition) is 5. The van der Waals surface area contributed by atoms with Crippen LogP contribution in [0.15, 0.2) is 60.7 Å². The van der Waals surface area contributed by atoms with Gasteiger partial charge in [-0.2, -0.15) is 4.68 Å². The maximum atomic E-state index is 5.78. The van der Waals surface area contributed by atoms with Crippen molar-refractivity contribution in [1.29, 1.82) is 0 Å². The second-order valence-corrected chi connectivity index (χ2v) is 6.08. The van der Waals surface area contributed by atoms with E-state index in [0.29, 0.717) is 6.61 Å². The highest BCUT2D eigenvalue weighted by molar-refractivity contribution is 5.72. The monoisotopic (exact) mass is 347 g/mol. The zero-order valence-corrected chi connectivity index (χ0v) is 14.7. The molecule has 0 unspecified atom stereocenters. The first-order chi connectivity index (χ1) is 12.9. The highest BCUT2D eigenvalue weighted by Gasteiger charge is 2.20. The number of anilines is 1. The van der Waals surface area contributed by atoms with E-state index >= 15 is 0 Å². The molecule has 0 N–H and O–H groups in total. The van der Waals surface area contributed by atoms with Gasteiger partial charge in [0.25, 0.3) is 5.95 Å². The molecule has 2 aromatic carbocycles. The van der Waals surface area contributed by atoms with E-state index in [1.807, 2.05) is 49.4 Å². The first kappa shape index (κ1) is 16.3. The standard InChI is InChI=1S/C20H21N5O/c1-2-26-19-11-7-6-10-18(19)16-12-14-24(15-13-16)20-21-22-23-25(20)17-8-4-3-5-9-17/h3-12H,2,13-15H2,1H3. The van der Waals surface area contributed by atoms with Crippen LogP contribution in [-0.4, -0.2) is 39.9 Å². The van der Waals surface area contributed by atoms with E-state index in [1.54, 1.807) is 4.68 Å². The van der Waals surface area contributed by atoms with E-state index in [0.717, 1.165) is 36.9 Å². The summed E-state index contributed by atoms with van der Waals surface area (Å²) in [6.45, 7) is 4.31. The van der Waals surface area contributed by atoms with Gasteiger partial charge in [0.05, 0.1) is 12.3 Å². The zero-order valence-electron chi connectivity index (χ0n) is 14.7. The molecule has 1 aliphatic rings. The van der Waals surface area contributed by atoms with Gasteiger partial charge in [0, 0.05) is 18.7 Å². The van der Waals surface area contributed by atoms with Gasteiger partial charge in [-0.3, -0.25) is 0 Å². The van der Waals surface area contributed by atoms with Crippen LogP contribution in [0, 0.1) is 0 Å². The molecule has 4 rings (SSSR count). The Kier molecular flexibility index (Phi) is 4.64. The second kappa shape index (κ2) is 7.39. The molecule has 0 aliphatic carbocycles. The van der Waals surface area contributed by atoms with Gasteiger partial charge in [-0.1, -0.05) is 47.6 Å². The summed E-state index contributed by atoms with van der Waals surface area (Å²) in [5, 5.41) is 12.3. The zero-order chi connectivity index (χ0) is 17.8. The number of nitrogens with zero attached hydrogens (tertiary/aromatic N) is 5. The second-order valence-electron chi connectivity index (χ2n) is 6.08. The summed E-state index contributed by atoms with van der Waals surface area (Å²) >= 11 is 0. The number of aromatic nitrogens is 4. The third-order valence-corrected chi connectivity index (χ3v) is 4.48. The van der Waals surface area contributed by atoms with Gasteiger partial charge in [0.2, 0.25) is 0 Å². The van der Waals surface area contributed by atoms with Crippen LogP contribution in [0.25, 0.3) is 11.3 Å². The fourth-order valence-electron chi connectivity index (χ4n) is 3.22. The third kappa shape index (κ3) is 3.18. The number of rotatable bonds is 5. The molecule has 3 aromatic rings. The molecular formula is C20H21N5O. The molecule has 0 saturated heterocycles. The molecule has 1 aliphatic heterocycles. The highest BCUT2D eigenvalue weighted by Crippen LogP contribution is 2.31. The molecule has 6 nitrogen and oxygen atoms in total. The maximum absolute atomic E-state index is 5.78. The van der Waals surface area contributed by atoms with Crippen molar-refractivity contribution in [3.8, 4) is 11.4 Å². The van der Waals surface area contributed by atoms with Gasteiger partial charge in [-0.05, 0) is 47.5 Å². The van der Waals surface area contributed by atoms with Crippen molar-refractivity contribution in [3.05, 3.63) is 66.2 Å². The van der Waals surface area contributed by atoms with Crippen molar-refractivity contribution >= 4 is 11.5 Å². The van der Waals surface area contributed by atoms with Crippen molar-refractivity contribution in [1.82, 2.24) is 20.2 Å². The molecular weight excluding hydrogens is 326 g/mol. The number of tetrazole rings is 1. The SMILES string of the molecule is CCOc1ccccc1C1=CCN(c2nnnn2-c2ccccc2)CC1. The van der Waals surface area contributed by atoms with Gasteiger partial charge < -0.3 is 9.64 Å². The molecule has 132 valence electrons. The van der Waals surface area contributed by atoms with Gasteiger partial charge >= 0.3 is 0 Å². The van der Waals surface area contributed by atoms with E-state index in [2.05, 4.69) is 38.6 Å². The number of hydrogen-bond donors (Lipinski definition) is 0. The fraction of sp³-hybridized carbons (Fsp3) is 0.250. The van der Waals surface area contributed by atoms with Crippen molar-refractivity contribution < 1.29 is 4.74 Å². The lowest BCUT2D eigenvalue weighted by Gasteiger charge is -2.27. The lowest BCUT2D eigenvalue weighted by Crippen LogP contribution is -2.30. The predicted molar refractivity (Wildman–Crippen MR) is 102 cm³/mol. The van der Waals surface area contributed by atoms with E-state index in [4.69, 9.17) is 4.74 Å². The lowest BCUT2D eigenvalue weighted by atomic mass is 9.98. The maximum Gasteiger partial charge on any atom is 0.250 e. The smallest absolute Gasteiger partial charge is 0.250 e. The van der Waals surface area contributed by atoms with Crippen LogP contribution in [-0.2, 0) is 0 Å². The highest BCUT2D eigenvalue weighted by atomic mass is 16.5. The Balaban J connectivity index is 1.57. The fourth-order valence-corrected chi connectivity index (χ4v) is 3.22. The van der Waals surface area contributed by atoms with Crippen LogP contribution in [0.1, 0.15) is 18.9 Å². The van der Waals surface area contributed by atoms with Crippen LogP contribution in [0.2, 0.25) is 0 Å². The normalized spacial score (nSPS) is 14.2. The molecule has 0 saturated carbocycles. The molecule has 6 heteroatoms. The third-order valence-electron chi connectivity index (χ3n) is 4.48. The summed E-state index contributed by atoms with van der Waals surface area (Å²) in [4.78, 5) is 2.19. The first-order valence-electron chi connectivity index (χ1n) is 8.87. The molecule has 2 heterocycles. The Labute approximate surface area is 152 Å². The van der Waals surface area contributed by atoms with E-state index in [-0.39, 0.29) is 0 Å². The lowest BCUT2D eigenvalue weighted by molar-refractivity contribution is 0.339. The van der Waals surface area contributed by atoms with E-state index < -0.39 is 0 Å². The predicted octanol–water partition coefficient (Wildman–Crippen LogP) is 3.35. The molecule has 0 fully saturated rings. The number of ether oxygens (including phenoxy) is 1. The number of benzene rings is 2. The van der Waals surface area contributed by atoms with Gasteiger partial charge in [-0.25, -0.2) is 0 Å². The van der Waals surface area contributed by atoms with E-state index in [9.17, 15) is 0 Å². The van der Waals surface area contributed by atoms with Crippen LogP contribution < -0.4 is 9.64 Å². The summed E-state index contributed by atoms with van der Waals surface area (Å²) in [6, 6.07) is 18.2. The van der Waals surface area contributed by atoms with Crippen molar-refractivity contribution in [2.45, 2.75) is 13.3 Å². The largest absolute Gasteiger partial charge is 0.493 e. The Hall–Kier alpha value is -3.15. The van der Waals surface area contributed by atoms with Crippen LogP contribution in [0.4, 0.5) is 5.95 Å². The number of para-hydroxylation sites is 2. The van der Waals surface area contributed by atoms with Crippen molar-refractivity contribution in [3.63, 3.8) is 0 Å². The average Bonchev–Trinajstić information content (AvgIpc) is 3.19. The first-order valence-corrected chi connectivity index (χ1v) is 8.87.